The Bertz CT molecular complexity index is 1250. The molecule has 0 bridgehead atoms. The van der Waals surface area contributed by atoms with Crippen molar-refractivity contribution in [3.05, 3.63) is 83.9 Å². The van der Waals surface area contributed by atoms with Crippen molar-refractivity contribution in [3.8, 4) is 33.0 Å². The second-order valence-corrected chi connectivity index (χ2v) is 8.70. The third-order valence-corrected chi connectivity index (χ3v) is 7.05. The Kier molecular flexibility index (Phi) is 3.95. The minimum Gasteiger partial charge on any atom is -0.192 e. The van der Waals surface area contributed by atoms with E-state index in [0.29, 0.717) is 11.1 Å². The Balaban J connectivity index is 1.56. The van der Waals surface area contributed by atoms with Crippen molar-refractivity contribution in [1.82, 2.24) is 0 Å². The highest BCUT2D eigenvalue weighted by molar-refractivity contribution is 7.23. The van der Waals surface area contributed by atoms with Crippen LogP contribution in [0.5, 0.6) is 0 Å². The Morgan fingerprint density at radius 3 is 1.29 bits per heavy atom. The second kappa shape index (κ2) is 6.62. The van der Waals surface area contributed by atoms with Crippen LogP contribution in [0.1, 0.15) is 11.1 Å². The van der Waals surface area contributed by atoms with E-state index in [1.165, 1.54) is 29.9 Å². The van der Waals surface area contributed by atoms with E-state index in [1.54, 1.807) is 22.7 Å². The van der Waals surface area contributed by atoms with Crippen molar-refractivity contribution in [1.29, 1.82) is 10.5 Å². The minimum atomic E-state index is 0.681. The lowest BCUT2D eigenvalue weighted by Crippen LogP contribution is -1.74. The van der Waals surface area contributed by atoms with E-state index < -0.39 is 0 Å². The standard InChI is InChI=1S/C24H12N2S2/c25-13-15-1-5-17(6-2-15)21-9-19-11-24-20(12-23(19)27-21)10-22(28-24)18-7-3-16(14-26)4-8-18/h1-12H. The van der Waals surface area contributed by atoms with E-state index >= 15 is 0 Å². The first-order chi connectivity index (χ1) is 13.7. The Hall–Kier alpha value is -3.44. The number of hydrogen-bond acceptors (Lipinski definition) is 4. The molecule has 0 amide bonds. The van der Waals surface area contributed by atoms with Crippen molar-refractivity contribution < 1.29 is 0 Å². The van der Waals surface area contributed by atoms with Crippen molar-refractivity contribution in [3.63, 3.8) is 0 Å². The molecule has 0 unspecified atom stereocenters. The number of nitriles is 2. The molecule has 0 saturated carbocycles. The van der Waals surface area contributed by atoms with Crippen molar-refractivity contribution >= 4 is 42.8 Å². The van der Waals surface area contributed by atoms with Crippen molar-refractivity contribution in [2.24, 2.45) is 0 Å². The van der Waals surface area contributed by atoms with Gasteiger partial charge in [-0.05, 0) is 70.4 Å². The quantitative estimate of drug-likeness (QED) is 0.319. The van der Waals surface area contributed by atoms with E-state index in [-0.39, 0.29) is 0 Å². The Labute approximate surface area is 170 Å². The molecule has 0 fully saturated rings. The number of thiophene rings is 2. The molecular weight excluding hydrogens is 380 g/mol. The molecule has 0 aliphatic carbocycles. The summed E-state index contributed by atoms with van der Waals surface area (Å²) in [5, 5.41) is 20.4. The summed E-state index contributed by atoms with van der Waals surface area (Å²) >= 11 is 3.55. The van der Waals surface area contributed by atoms with Crippen LogP contribution in [0.25, 0.3) is 41.1 Å². The first kappa shape index (κ1) is 16.7. The zero-order valence-corrected chi connectivity index (χ0v) is 16.3. The number of hydrogen-bond donors (Lipinski definition) is 0. The van der Waals surface area contributed by atoms with Crippen LogP contribution in [-0.4, -0.2) is 0 Å². The lowest BCUT2D eigenvalue weighted by atomic mass is 10.1. The number of fused-ring (bicyclic) bond motifs is 2. The van der Waals surface area contributed by atoms with Gasteiger partial charge in [0.15, 0.2) is 0 Å². The average Bonchev–Trinajstić information content (AvgIpc) is 3.35. The molecule has 2 aromatic heterocycles. The van der Waals surface area contributed by atoms with Crippen LogP contribution < -0.4 is 0 Å². The maximum atomic E-state index is 8.97. The van der Waals surface area contributed by atoms with Gasteiger partial charge in [0.2, 0.25) is 0 Å². The lowest BCUT2D eigenvalue weighted by Gasteiger charge is -1.96. The van der Waals surface area contributed by atoms with Crippen LogP contribution >= 0.6 is 22.7 Å². The summed E-state index contributed by atoms with van der Waals surface area (Å²) in [6, 6.07) is 28.8. The van der Waals surface area contributed by atoms with Crippen LogP contribution in [-0.2, 0) is 0 Å². The molecule has 130 valence electrons. The van der Waals surface area contributed by atoms with Crippen molar-refractivity contribution in [2.45, 2.75) is 0 Å². The number of nitrogens with zero attached hydrogens (tertiary/aromatic N) is 2. The summed E-state index contributed by atoms with van der Waals surface area (Å²) in [5.41, 5.74) is 3.64. The summed E-state index contributed by atoms with van der Waals surface area (Å²) in [6.45, 7) is 0. The van der Waals surface area contributed by atoms with Crippen LogP contribution in [0, 0.1) is 22.7 Å². The molecule has 0 spiro atoms. The Morgan fingerprint density at radius 2 is 0.929 bits per heavy atom. The van der Waals surface area contributed by atoms with Gasteiger partial charge < -0.3 is 0 Å². The molecule has 0 aliphatic heterocycles. The Morgan fingerprint density at radius 1 is 0.536 bits per heavy atom. The molecule has 0 radical (unpaired) electrons. The molecule has 3 aromatic carbocycles. The van der Waals surface area contributed by atoms with Gasteiger partial charge in [0, 0.05) is 19.2 Å². The van der Waals surface area contributed by atoms with E-state index in [0.717, 1.165) is 11.1 Å². The fourth-order valence-electron chi connectivity index (χ4n) is 3.27. The second-order valence-electron chi connectivity index (χ2n) is 6.53. The van der Waals surface area contributed by atoms with Gasteiger partial charge >= 0.3 is 0 Å². The summed E-state index contributed by atoms with van der Waals surface area (Å²) in [6.07, 6.45) is 0. The topological polar surface area (TPSA) is 47.6 Å². The smallest absolute Gasteiger partial charge is 0.0991 e. The van der Waals surface area contributed by atoms with Crippen LogP contribution in [0.2, 0.25) is 0 Å². The van der Waals surface area contributed by atoms with E-state index in [2.05, 4.69) is 36.4 Å². The van der Waals surface area contributed by atoms with Gasteiger partial charge in [-0.1, -0.05) is 24.3 Å². The predicted octanol–water partition coefficient (Wildman–Crippen LogP) is 7.19. The molecule has 0 saturated heterocycles. The third kappa shape index (κ3) is 2.86. The van der Waals surface area contributed by atoms with Gasteiger partial charge in [0.1, 0.15) is 0 Å². The normalized spacial score (nSPS) is 10.8. The molecule has 5 aromatic rings. The summed E-state index contributed by atoms with van der Waals surface area (Å²) in [5.74, 6) is 0. The first-order valence-corrected chi connectivity index (χ1v) is 10.3. The summed E-state index contributed by atoms with van der Waals surface area (Å²) in [7, 11) is 0. The van der Waals surface area contributed by atoms with Crippen LogP contribution in [0.4, 0.5) is 0 Å². The van der Waals surface area contributed by atoms with Gasteiger partial charge in [0.05, 0.1) is 23.3 Å². The zero-order valence-electron chi connectivity index (χ0n) is 14.6. The third-order valence-electron chi connectivity index (χ3n) is 4.75. The largest absolute Gasteiger partial charge is 0.192 e. The van der Waals surface area contributed by atoms with Gasteiger partial charge in [-0.3, -0.25) is 0 Å². The van der Waals surface area contributed by atoms with Gasteiger partial charge in [0.25, 0.3) is 0 Å². The monoisotopic (exact) mass is 392 g/mol. The van der Waals surface area contributed by atoms with Gasteiger partial charge in [-0.2, -0.15) is 10.5 Å². The van der Waals surface area contributed by atoms with E-state index in [9.17, 15) is 0 Å². The number of benzene rings is 3. The van der Waals surface area contributed by atoms with Gasteiger partial charge in [-0.15, -0.1) is 22.7 Å². The predicted molar refractivity (Wildman–Crippen MR) is 118 cm³/mol. The molecule has 5 rings (SSSR count). The maximum Gasteiger partial charge on any atom is 0.0991 e. The van der Waals surface area contributed by atoms with Crippen LogP contribution in [0.3, 0.4) is 0 Å². The minimum absolute atomic E-state index is 0.681. The highest BCUT2D eigenvalue weighted by Crippen LogP contribution is 2.40. The first-order valence-electron chi connectivity index (χ1n) is 8.72. The highest BCUT2D eigenvalue weighted by atomic mass is 32.1. The number of rotatable bonds is 2. The zero-order chi connectivity index (χ0) is 19.1. The molecular formula is C24H12N2S2. The van der Waals surface area contributed by atoms with E-state index in [1.807, 2.05) is 48.5 Å². The molecule has 2 heterocycles. The van der Waals surface area contributed by atoms with Crippen LogP contribution in [0.15, 0.2) is 72.8 Å². The van der Waals surface area contributed by atoms with E-state index in [4.69, 9.17) is 10.5 Å². The molecule has 0 N–H and O–H groups in total. The lowest BCUT2D eigenvalue weighted by molar-refractivity contribution is 1.49. The fraction of sp³-hybridized carbons (Fsp3) is 0. The molecule has 2 nitrogen and oxygen atoms in total. The summed E-state index contributed by atoms with van der Waals surface area (Å²) < 4.78 is 2.52. The summed E-state index contributed by atoms with van der Waals surface area (Å²) in [4.78, 5) is 2.42. The molecule has 28 heavy (non-hydrogen) atoms. The molecule has 0 atom stereocenters. The van der Waals surface area contributed by atoms with Gasteiger partial charge in [-0.25, -0.2) is 0 Å². The van der Waals surface area contributed by atoms with Crippen molar-refractivity contribution in [2.75, 3.05) is 0 Å². The maximum absolute atomic E-state index is 8.97. The highest BCUT2D eigenvalue weighted by Gasteiger charge is 2.10. The average molecular weight is 393 g/mol. The molecule has 0 aliphatic rings. The fourth-order valence-corrected chi connectivity index (χ4v) is 5.47. The molecule has 4 heteroatoms. The SMILES string of the molecule is N#Cc1ccc(-c2cc3cc4sc(-c5ccc(C#N)cc5)cc4cc3s2)cc1.